The van der Waals surface area contributed by atoms with E-state index in [0.29, 0.717) is 17.3 Å². The first-order chi connectivity index (χ1) is 9.69. The highest BCUT2D eigenvalue weighted by molar-refractivity contribution is 7.80. The minimum Gasteiger partial charge on any atom is -0.462 e. The van der Waals surface area contributed by atoms with E-state index in [0.717, 1.165) is 5.69 Å². The van der Waals surface area contributed by atoms with Gasteiger partial charge in [-0.15, -0.1) is 10.2 Å². The molecule has 0 radical (unpaired) electrons. The first-order valence-corrected chi connectivity index (χ1v) is 6.29. The van der Waals surface area contributed by atoms with Crippen molar-refractivity contribution >= 4 is 29.0 Å². The number of nitrogens with zero attached hydrogens (tertiary/aromatic N) is 3. The predicted molar refractivity (Wildman–Crippen MR) is 78.0 cm³/mol. The van der Waals surface area contributed by atoms with Gasteiger partial charge in [0.25, 0.3) is 0 Å². The van der Waals surface area contributed by atoms with Gasteiger partial charge in [-0.1, -0.05) is 0 Å². The summed E-state index contributed by atoms with van der Waals surface area (Å²) in [4.78, 5) is 11.5. The average Bonchev–Trinajstić information content (AvgIpc) is 2.92. The smallest absolute Gasteiger partial charge is 0.338 e. The maximum absolute atomic E-state index is 11.5. The Labute approximate surface area is 120 Å². The van der Waals surface area contributed by atoms with Gasteiger partial charge >= 0.3 is 5.97 Å². The van der Waals surface area contributed by atoms with Crippen LogP contribution in [0.3, 0.4) is 0 Å². The summed E-state index contributed by atoms with van der Waals surface area (Å²) < 4.78 is 6.42. The van der Waals surface area contributed by atoms with Crippen molar-refractivity contribution in [3.8, 4) is 0 Å². The lowest BCUT2D eigenvalue weighted by Crippen LogP contribution is -2.26. The average molecular weight is 291 g/mol. The standard InChI is InChI=1S/C12H13N5O2S/c1-2-19-11(18)9-3-5-10(6-4-9)15-12(20)16-17-7-13-14-8-17/h3-8H,2H2,1H3,(H2,15,16,20). The van der Waals surface area contributed by atoms with Gasteiger partial charge in [0.1, 0.15) is 12.7 Å². The molecule has 20 heavy (non-hydrogen) atoms. The number of rotatable bonds is 4. The Kier molecular flexibility index (Phi) is 4.61. The van der Waals surface area contributed by atoms with Crippen LogP contribution in [0.25, 0.3) is 0 Å². The molecule has 0 amide bonds. The van der Waals surface area contributed by atoms with Crippen molar-refractivity contribution in [2.75, 3.05) is 17.3 Å². The van der Waals surface area contributed by atoms with Crippen LogP contribution < -0.4 is 10.7 Å². The van der Waals surface area contributed by atoms with Gasteiger partial charge in [-0.2, -0.15) is 0 Å². The summed E-state index contributed by atoms with van der Waals surface area (Å²) in [6, 6.07) is 6.82. The van der Waals surface area contributed by atoms with Crippen LogP contribution in [0.4, 0.5) is 5.69 Å². The maximum Gasteiger partial charge on any atom is 0.338 e. The molecule has 0 unspecified atom stereocenters. The molecule has 0 aliphatic rings. The number of hydrogen-bond acceptors (Lipinski definition) is 5. The second kappa shape index (κ2) is 6.62. The Hall–Kier alpha value is -2.48. The number of nitrogens with one attached hydrogen (secondary N) is 2. The molecule has 1 aromatic heterocycles. The van der Waals surface area contributed by atoms with E-state index in [1.165, 1.54) is 17.3 Å². The van der Waals surface area contributed by atoms with Gasteiger partial charge in [-0.3, -0.25) is 5.43 Å². The molecule has 7 nitrogen and oxygen atoms in total. The van der Waals surface area contributed by atoms with Crippen LogP contribution in [0.1, 0.15) is 17.3 Å². The van der Waals surface area contributed by atoms with Crippen molar-refractivity contribution in [1.82, 2.24) is 14.9 Å². The number of benzene rings is 1. The molecule has 104 valence electrons. The summed E-state index contributed by atoms with van der Waals surface area (Å²) in [6.07, 6.45) is 2.97. The Morgan fingerprint density at radius 3 is 2.55 bits per heavy atom. The van der Waals surface area contributed by atoms with Crippen molar-refractivity contribution in [2.45, 2.75) is 6.92 Å². The van der Waals surface area contributed by atoms with Gasteiger partial charge in [0.15, 0.2) is 5.11 Å². The maximum atomic E-state index is 11.5. The Morgan fingerprint density at radius 1 is 1.30 bits per heavy atom. The molecule has 8 heteroatoms. The first kappa shape index (κ1) is 13.9. The summed E-state index contributed by atoms with van der Waals surface area (Å²) in [7, 11) is 0. The van der Waals surface area contributed by atoms with Crippen LogP contribution in [-0.4, -0.2) is 32.6 Å². The molecule has 1 aromatic carbocycles. The zero-order valence-electron chi connectivity index (χ0n) is 10.7. The minimum absolute atomic E-state index is 0.343. The van der Waals surface area contributed by atoms with Crippen molar-refractivity contribution in [2.24, 2.45) is 0 Å². The van der Waals surface area contributed by atoms with Crippen LogP contribution in [0.2, 0.25) is 0 Å². The van der Waals surface area contributed by atoms with Gasteiger partial charge < -0.3 is 10.1 Å². The van der Waals surface area contributed by atoms with Gasteiger partial charge in [-0.25, -0.2) is 9.47 Å². The Balaban J connectivity index is 1.93. The highest BCUT2D eigenvalue weighted by Gasteiger charge is 2.06. The number of anilines is 1. The zero-order valence-corrected chi connectivity index (χ0v) is 11.6. The molecule has 2 aromatic rings. The molecule has 0 aliphatic heterocycles. The fourth-order valence-corrected chi connectivity index (χ4v) is 1.66. The second-order valence-corrected chi connectivity index (χ2v) is 4.14. The fraction of sp³-hybridized carbons (Fsp3) is 0.167. The van der Waals surface area contributed by atoms with Gasteiger partial charge in [-0.05, 0) is 43.4 Å². The minimum atomic E-state index is -0.343. The lowest BCUT2D eigenvalue weighted by molar-refractivity contribution is 0.0526. The van der Waals surface area contributed by atoms with Crippen molar-refractivity contribution in [1.29, 1.82) is 0 Å². The molecule has 2 rings (SSSR count). The molecule has 0 saturated heterocycles. The van der Waals surface area contributed by atoms with Crippen LogP contribution in [0, 0.1) is 0 Å². The Morgan fingerprint density at radius 2 is 1.95 bits per heavy atom. The van der Waals surface area contributed by atoms with E-state index < -0.39 is 0 Å². The molecular weight excluding hydrogens is 278 g/mol. The van der Waals surface area contributed by atoms with Crippen molar-refractivity contribution in [3.63, 3.8) is 0 Å². The molecule has 0 saturated carbocycles. The normalized spacial score (nSPS) is 9.85. The molecular formula is C12H13N5O2S. The monoisotopic (exact) mass is 291 g/mol. The third-order valence-electron chi connectivity index (χ3n) is 2.30. The van der Waals surface area contributed by atoms with E-state index in [-0.39, 0.29) is 5.97 Å². The largest absolute Gasteiger partial charge is 0.462 e. The van der Waals surface area contributed by atoms with Crippen molar-refractivity contribution in [3.05, 3.63) is 42.5 Å². The number of esters is 1. The lowest BCUT2D eigenvalue weighted by Gasteiger charge is -2.10. The number of thiocarbonyl (C=S) groups is 1. The van der Waals surface area contributed by atoms with E-state index >= 15 is 0 Å². The second-order valence-electron chi connectivity index (χ2n) is 3.73. The number of aromatic nitrogens is 3. The zero-order chi connectivity index (χ0) is 14.4. The number of hydrogen-bond donors (Lipinski definition) is 2. The predicted octanol–water partition coefficient (Wildman–Crippen LogP) is 1.40. The summed E-state index contributed by atoms with van der Waals surface area (Å²) in [5.41, 5.74) is 4.10. The summed E-state index contributed by atoms with van der Waals surface area (Å²) in [6.45, 7) is 2.12. The molecule has 0 aliphatic carbocycles. The highest BCUT2D eigenvalue weighted by atomic mass is 32.1. The quantitative estimate of drug-likeness (QED) is 0.651. The van der Waals surface area contributed by atoms with Crippen LogP contribution in [0.15, 0.2) is 36.9 Å². The summed E-state index contributed by atoms with van der Waals surface area (Å²) in [5.74, 6) is -0.343. The molecule has 0 atom stereocenters. The van der Waals surface area contributed by atoms with Crippen LogP contribution in [-0.2, 0) is 4.74 Å². The molecule has 1 heterocycles. The molecule has 0 bridgehead atoms. The van der Waals surface area contributed by atoms with Crippen LogP contribution >= 0.6 is 12.2 Å². The summed E-state index contributed by atoms with van der Waals surface area (Å²) >= 11 is 5.12. The van der Waals surface area contributed by atoms with E-state index in [1.54, 1.807) is 31.2 Å². The first-order valence-electron chi connectivity index (χ1n) is 5.89. The number of carbonyl (C=O) groups is 1. The fourth-order valence-electron chi connectivity index (χ4n) is 1.44. The van der Waals surface area contributed by atoms with Gasteiger partial charge in [0, 0.05) is 5.69 Å². The number of carbonyl (C=O) groups excluding carboxylic acids is 1. The molecule has 0 fully saturated rings. The van der Waals surface area contributed by atoms with Crippen molar-refractivity contribution < 1.29 is 9.53 Å². The van der Waals surface area contributed by atoms with Gasteiger partial charge in [0.2, 0.25) is 0 Å². The lowest BCUT2D eigenvalue weighted by atomic mass is 10.2. The highest BCUT2D eigenvalue weighted by Crippen LogP contribution is 2.10. The molecule has 0 spiro atoms. The van der Waals surface area contributed by atoms with Crippen LogP contribution in [0.5, 0.6) is 0 Å². The third-order valence-corrected chi connectivity index (χ3v) is 2.50. The van der Waals surface area contributed by atoms with E-state index in [2.05, 4.69) is 20.9 Å². The molecule has 2 N–H and O–H groups in total. The van der Waals surface area contributed by atoms with E-state index in [4.69, 9.17) is 17.0 Å². The summed E-state index contributed by atoms with van der Waals surface area (Å²) in [5, 5.41) is 10.6. The van der Waals surface area contributed by atoms with Gasteiger partial charge in [0.05, 0.1) is 12.2 Å². The van der Waals surface area contributed by atoms with E-state index in [9.17, 15) is 4.79 Å². The topological polar surface area (TPSA) is 81.1 Å². The third kappa shape index (κ3) is 3.75. The number of ether oxygens (including phenoxy) is 1. The van der Waals surface area contributed by atoms with E-state index in [1.807, 2.05) is 0 Å². The Bertz CT molecular complexity index is 582. The SMILES string of the molecule is CCOC(=O)c1ccc(NC(=S)Nn2cnnc2)cc1.